The van der Waals surface area contributed by atoms with Crippen LogP contribution >= 0.6 is 11.3 Å². The topological polar surface area (TPSA) is 24.9 Å². The van der Waals surface area contributed by atoms with Crippen molar-refractivity contribution in [3.05, 3.63) is 40.7 Å². The number of benzene rings is 1. The molecule has 1 aromatic heterocycles. The maximum atomic E-state index is 4.72. The van der Waals surface area contributed by atoms with Crippen molar-refractivity contribution in [3.8, 4) is 11.3 Å². The normalized spacial score (nSPS) is 12.8. The molecule has 3 heteroatoms. The highest BCUT2D eigenvalue weighted by Crippen LogP contribution is 2.21. The van der Waals surface area contributed by atoms with Crippen LogP contribution in [0.15, 0.2) is 35.7 Å². The van der Waals surface area contributed by atoms with Gasteiger partial charge in [-0.05, 0) is 19.3 Å². The first-order chi connectivity index (χ1) is 10.1. The molecular weight excluding hydrogens is 276 g/mol. The van der Waals surface area contributed by atoms with E-state index in [0.29, 0.717) is 6.04 Å². The maximum absolute atomic E-state index is 4.72. The Bertz CT molecular complexity index is 519. The van der Waals surface area contributed by atoms with Crippen molar-refractivity contribution in [2.75, 3.05) is 0 Å². The molecule has 0 aliphatic heterocycles. The molecule has 0 aliphatic carbocycles. The van der Waals surface area contributed by atoms with Gasteiger partial charge < -0.3 is 5.32 Å². The average molecular weight is 302 g/mol. The van der Waals surface area contributed by atoms with Crippen LogP contribution in [-0.2, 0) is 6.54 Å². The Balaban J connectivity index is 1.78. The largest absolute Gasteiger partial charge is 0.308 e. The van der Waals surface area contributed by atoms with E-state index in [9.17, 15) is 0 Å². The molecule has 0 saturated carbocycles. The van der Waals surface area contributed by atoms with E-state index in [2.05, 4.69) is 55.7 Å². The minimum Gasteiger partial charge on any atom is -0.308 e. The van der Waals surface area contributed by atoms with E-state index in [1.165, 1.54) is 29.8 Å². The molecule has 0 amide bonds. The van der Waals surface area contributed by atoms with Crippen molar-refractivity contribution >= 4 is 11.3 Å². The lowest BCUT2D eigenvalue weighted by molar-refractivity contribution is 0.457. The molecule has 0 saturated heterocycles. The summed E-state index contributed by atoms with van der Waals surface area (Å²) in [6.07, 6.45) is 3.87. The summed E-state index contributed by atoms with van der Waals surface area (Å²) in [5, 5.41) is 6.90. The summed E-state index contributed by atoms with van der Waals surface area (Å²) in [5.41, 5.74) is 2.29. The number of hydrogen-bond donors (Lipinski definition) is 1. The van der Waals surface area contributed by atoms with Crippen LogP contribution in [0.2, 0.25) is 0 Å². The monoisotopic (exact) mass is 302 g/mol. The predicted molar refractivity (Wildman–Crippen MR) is 92.5 cm³/mol. The molecular formula is C18H26N2S. The van der Waals surface area contributed by atoms with Gasteiger partial charge in [-0.3, -0.25) is 0 Å². The highest BCUT2D eigenvalue weighted by molar-refractivity contribution is 7.09. The summed E-state index contributed by atoms with van der Waals surface area (Å²) in [6.45, 7) is 7.73. The zero-order valence-electron chi connectivity index (χ0n) is 13.3. The minimum absolute atomic E-state index is 0.563. The highest BCUT2D eigenvalue weighted by Gasteiger charge is 2.06. The van der Waals surface area contributed by atoms with Crippen molar-refractivity contribution in [2.24, 2.45) is 5.92 Å². The van der Waals surface area contributed by atoms with Gasteiger partial charge in [0, 0.05) is 23.5 Å². The van der Waals surface area contributed by atoms with Gasteiger partial charge in [-0.15, -0.1) is 11.3 Å². The van der Waals surface area contributed by atoms with Crippen molar-refractivity contribution in [1.29, 1.82) is 0 Å². The molecule has 1 atom stereocenters. The van der Waals surface area contributed by atoms with Crippen molar-refractivity contribution in [2.45, 2.75) is 52.6 Å². The molecule has 0 radical (unpaired) electrons. The van der Waals surface area contributed by atoms with E-state index in [-0.39, 0.29) is 0 Å². The fourth-order valence-electron chi connectivity index (χ4n) is 2.33. The minimum atomic E-state index is 0.563. The Hall–Kier alpha value is -1.19. The summed E-state index contributed by atoms with van der Waals surface area (Å²) in [5.74, 6) is 0.810. The Morgan fingerprint density at radius 2 is 1.86 bits per heavy atom. The van der Waals surface area contributed by atoms with Gasteiger partial charge in [0.15, 0.2) is 0 Å². The second kappa shape index (κ2) is 8.30. The second-order valence-electron chi connectivity index (χ2n) is 6.10. The number of thiazole rings is 1. The lowest BCUT2D eigenvalue weighted by Gasteiger charge is -2.13. The van der Waals surface area contributed by atoms with Gasteiger partial charge in [0.2, 0.25) is 0 Å². The van der Waals surface area contributed by atoms with Gasteiger partial charge in [-0.2, -0.15) is 0 Å². The van der Waals surface area contributed by atoms with Crippen LogP contribution in [-0.4, -0.2) is 11.0 Å². The van der Waals surface area contributed by atoms with Crippen LogP contribution in [0.5, 0.6) is 0 Å². The lowest BCUT2D eigenvalue weighted by atomic mass is 10.0. The van der Waals surface area contributed by atoms with Gasteiger partial charge in [0.1, 0.15) is 5.01 Å². The molecule has 2 aromatic rings. The molecule has 21 heavy (non-hydrogen) atoms. The molecule has 0 bridgehead atoms. The van der Waals surface area contributed by atoms with Gasteiger partial charge in [-0.1, -0.05) is 57.0 Å². The van der Waals surface area contributed by atoms with E-state index in [1.54, 1.807) is 11.3 Å². The molecule has 1 unspecified atom stereocenters. The van der Waals surface area contributed by atoms with E-state index in [4.69, 9.17) is 4.98 Å². The summed E-state index contributed by atoms with van der Waals surface area (Å²) >= 11 is 1.74. The first-order valence-corrected chi connectivity index (χ1v) is 8.76. The lowest BCUT2D eigenvalue weighted by Crippen LogP contribution is -2.25. The fourth-order valence-corrected chi connectivity index (χ4v) is 3.08. The Labute approximate surface area is 132 Å². The quantitative estimate of drug-likeness (QED) is 0.732. The third kappa shape index (κ3) is 5.60. The molecule has 1 aromatic carbocycles. The summed E-state index contributed by atoms with van der Waals surface area (Å²) in [4.78, 5) is 4.72. The number of hydrogen-bond acceptors (Lipinski definition) is 3. The van der Waals surface area contributed by atoms with Crippen LogP contribution in [0.25, 0.3) is 11.3 Å². The third-order valence-electron chi connectivity index (χ3n) is 3.64. The third-order valence-corrected chi connectivity index (χ3v) is 4.49. The van der Waals surface area contributed by atoms with E-state index in [0.717, 1.165) is 18.2 Å². The average Bonchev–Trinajstić information content (AvgIpc) is 2.94. The number of nitrogens with zero attached hydrogens (tertiary/aromatic N) is 1. The number of nitrogens with one attached hydrogen (secondary N) is 1. The maximum Gasteiger partial charge on any atom is 0.107 e. The van der Waals surface area contributed by atoms with Crippen LogP contribution < -0.4 is 5.32 Å². The smallest absolute Gasteiger partial charge is 0.107 e. The fraction of sp³-hybridized carbons (Fsp3) is 0.500. The zero-order valence-corrected chi connectivity index (χ0v) is 14.1. The van der Waals surface area contributed by atoms with Crippen molar-refractivity contribution in [3.63, 3.8) is 0 Å². The van der Waals surface area contributed by atoms with E-state index in [1.807, 2.05) is 6.07 Å². The molecule has 0 fully saturated rings. The van der Waals surface area contributed by atoms with Crippen molar-refractivity contribution in [1.82, 2.24) is 10.3 Å². The second-order valence-corrected chi connectivity index (χ2v) is 7.04. The van der Waals surface area contributed by atoms with Crippen LogP contribution in [0.3, 0.4) is 0 Å². The van der Waals surface area contributed by atoms with Gasteiger partial charge in [0.25, 0.3) is 0 Å². The van der Waals surface area contributed by atoms with Crippen LogP contribution in [0, 0.1) is 5.92 Å². The summed E-state index contributed by atoms with van der Waals surface area (Å²) in [6, 6.07) is 10.9. The van der Waals surface area contributed by atoms with Gasteiger partial charge in [-0.25, -0.2) is 4.98 Å². The van der Waals surface area contributed by atoms with Crippen LogP contribution in [0.1, 0.15) is 45.0 Å². The summed E-state index contributed by atoms with van der Waals surface area (Å²) in [7, 11) is 0. The summed E-state index contributed by atoms with van der Waals surface area (Å²) < 4.78 is 0. The number of aromatic nitrogens is 1. The predicted octanol–water partition coefficient (Wildman–Crippen LogP) is 5.11. The Morgan fingerprint density at radius 1 is 1.10 bits per heavy atom. The van der Waals surface area contributed by atoms with E-state index >= 15 is 0 Å². The standard InChI is InChI=1S/C18H26N2S/c1-14(2)8-7-9-15(3)19-12-18-20-17(13-21-18)16-10-5-4-6-11-16/h4-6,10-11,13-15,19H,7-9,12H2,1-3H3. The van der Waals surface area contributed by atoms with Crippen LogP contribution in [0.4, 0.5) is 0 Å². The zero-order chi connectivity index (χ0) is 15.1. The highest BCUT2D eigenvalue weighted by atomic mass is 32.1. The Morgan fingerprint density at radius 3 is 2.57 bits per heavy atom. The molecule has 0 aliphatic rings. The molecule has 114 valence electrons. The molecule has 1 N–H and O–H groups in total. The SMILES string of the molecule is CC(C)CCCC(C)NCc1nc(-c2ccccc2)cs1. The molecule has 0 spiro atoms. The van der Waals surface area contributed by atoms with E-state index < -0.39 is 0 Å². The first-order valence-electron chi connectivity index (χ1n) is 7.88. The molecule has 1 heterocycles. The molecule has 2 rings (SSSR count). The van der Waals surface area contributed by atoms with Crippen molar-refractivity contribution < 1.29 is 0 Å². The number of rotatable bonds is 8. The Kier molecular flexibility index (Phi) is 6.40. The van der Waals surface area contributed by atoms with Gasteiger partial charge in [0.05, 0.1) is 5.69 Å². The first kappa shape index (κ1) is 16.2. The molecule has 2 nitrogen and oxygen atoms in total. The van der Waals surface area contributed by atoms with Gasteiger partial charge >= 0.3 is 0 Å².